The predicted octanol–water partition coefficient (Wildman–Crippen LogP) is 3.38. The minimum absolute atomic E-state index is 0.347. The van der Waals surface area contributed by atoms with E-state index in [1.165, 1.54) is 19.3 Å². The Labute approximate surface area is 119 Å². The van der Waals surface area contributed by atoms with Crippen LogP contribution in [0.25, 0.3) is 0 Å². The van der Waals surface area contributed by atoms with E-state index in [0.29, 0.717) is 17.6 Å². The third-order valence-corrected chi connectivity index (χ3v) is 4.64. The van der Waals surface area contributed by atoms with Crippen molar-refractivity contribution < 1.29 is 9.47 Å². The molecular formula is C16H33NO2. The van der Waals surface area contributed by atoms with Crippen molar-refractivity contribution in [3.05, 3.63) is 0 Å². The largest absolute Gasteiger partial charge is 0.379 e. The Morgan fingerprint density at radius 1 is 1.00 bits per heavy atom. The van der Waals surface area contributed by atoms with Gasteiger partial charge in [-0.1, -0.05) is 27.7 Å². The molecule has 2 unspecified atom stereocenters. The van der Waals surface area contributed by atoms with Gasteiger partial charge < -0.3 is 14.8 Å². The summed E-state index contributed by atoms with van der Waals surface area (Å²) in [6.07, 6.45) is 6.27. The average Bonchev–Trinajstić information content (AvgIpc) is 2.42. The van der Waals surface area contributed by atoms with E-state index < -0.39 is 0 Å². The molecule has 1 rings (SSSR count). The first-order valence-corrected chi connectivity index (χ1v) is 8.17. The Hall–Kier alpha value is -0.120. The van der Waals surface area contributed by atoms with Gasteiger partial charge in [0.25, 0.3) is 0 Å². The summed E-state index contributed by atoms with van der Waals surface area (Å²) in [5.74, 6) is 0. The van der Waals surface area contributed by atoms with Gasteiger partial charge in [-0.3, -0.25) is 0 Å². The molecule has 0 aromatic heterocycles. The van der Waals surface area contributed by atoms with Crippen LogP contribution in [0.5, 0.6) is 0 Å². The molecule has 1 fully saturated rings. The summed E-state index contributed by atoms with van der Waals surface area (Å²) in [5.41, 5.74) is 0.347. The van der Waals surface area contributed by atoms with Crippen LogP contribution in [0, 0.1) is 5.41 Å². The van der Waals surface area contributed by atoms with Gasteiger partial charge in [-0.2, -0.15) is 0 Å². The molecule has 0 aromatic carbocycles. The molecule has 1 saturated carbocycles. The molecule has 0 spiro atoms. The Morgan fingerprint density at radius 3 is 2.32 bits per heavy atom. The summed E-state index contributed by atoms with van der Waals surface area (Å²) in [6.45, 7) is 12.4. The van der Waals surface area contributed by atoms with Crippen molar-refractivity contribution >= 4 is 0 Å². The van der Waals surface area contributed by atoms with Crippen molar-refractivity contribution in [2.24, 2.45) is 5.41 Å². The molecule has 0 heterocycles. The number of rotatable bonds is 11. The van der Waals surface area contributed by atoms with E-state index in [4.69, 9.17) is 9.47 Å². The van der Waals surface area contributed by atoms with Gasteiger partial charge in [0.15, 0.2) is 0 Å². The second-order valence-electron chi connectivity index (χ2n) is 5.65. The van der Waals surface area contributed by atoms with Crippen LogP contribution in [0.4, 0.5) is 0 Å². The maximum absolute atomic E-state index is 6.07. The van der Waals surface area contributed by atoms with Crippen molar-refractivity contribution in [1.29, 1.82) is 0 Å². The highest BCUT2D eigenvalue weighted by Gasteiger charge is 2.52. The molecule has 3 nitrogen and oxygen atoms in total. The summed E-state index contributed by atoms with van der Waals surface area (Å²) in [6, 6.07) is 0.643. The number of hydrogen-bond acceptors (Lipinski definition) is 3. The first-order chi connectivity index (χ1) is 9.25. The Morgan fingerprint density at radius 2 is 1.74 bits per heavy atom. The molecule has 1 aliphatic rings. The fraction of sp³-hybridized carbons (Fsp3) is 1.00. The van der Waals surface area contributed by atoms with E-state index in [0.717, 1.165) is 39.2 Å². The zero-order valence-corrected chi connectivity index (χ0v) is 13.3. The number of nitrogens with one attached hydrogen (secondary N) is 1. The van der Waals surface area contributed by atoms with Gasteiger partial charge in [-0.15, -0.1) is 0 Å². The maximum atomic E-state index is 6.07. The highest BCUT2D eigenvalue weighted by atomic mass is 16.5. The van der Waals surface area contributed by atoms with E-state index in [2.05, 4.69) is 33.0 Å². The third kappa shape index (κ3) is 4.17. The minimum Gasteiger partial charge on any atom is -0.379 e. The minimum atomic E-state index is 0.347. The molecule has 0 saturated heterocycles. The van der Waals surface area contributed by atoms with E-state index >= 15 is 0 Å². The van der Waals surface area contributed by atoms with Crippen LogP contribution in [0.3, 0.4) is 0 Å². The van der Waals surface area contributed by atoms with E-state index in [1.807, 2.05) is 0 Å². The van der Waals surface area contributed by atoms with Crippen molar-refractivity contribution in [2.45, 2.75) is 71.9 Å². The number of ether oxygens (including phenoxy) is 2. The van der Waals surface area contributed by atoms with Crippen molar-refractivity contribution in [1.82, 2.24) is 5.32 Å². The van der Waals surface area contributed by atoms with Crippen LogP contribution in [-0.4, -0.2) is 38.5 Å². The lowest BCUT2D eigenvalue weighted by molar-refractivity contribution is -0.148. The van der Waals surface area contributed by atoms with Gasteiger partial charge in [-0.05, 0) is 38.6 Å². The monoisotopic (exact) mass is 271 g/mol. The van der Waals surface area contributed by atoms with Crippen molar-refractivity contribution in [3.8, 4) is 0 Å². The highest BCUT2D eigenvalue weighted by Crippen LogP contribution is 2.48. The maximum Gasteiger partial charge on any atom is 0.0704 e. The fourth-order valence-electron chi connectivity index (χ4n) is 3.28. The van der Waals surface area contributed by atoms with Gasteiger partial charge in [0.2, 0.25) is 0 Å². The highest BCUT2D eigenvalue weighted by molar-refractivity contribution is 5.06. The predicted molar refractivity (Wildman–Crippen MR) is 80.6 cm³/mol. The summed E-state index contributed by atoms with van der Waals surface area (Å²) in [5, 5.41) is 3.69. The number of hydrogen-bond donors (Lipinski definition) is 1. The standard InChI is InChI=1S/C16H33NO2/c1-5-9-17-14-13-15(16(14,7-3)8-4)19-12-11-18-10-6-2/h14-15,17H,5-13H2,1-4H3. The molecule has 1 N–H and O–H groups in total. The Balaban J connectivity index is 2.33. The van der Waals surface area contributed by atoms with Gasteiger partial charge in [-0.25, -0.2) is 0 Å². The summed E-state index contributed by atoms with van der Waals surface area (Å²) in [4.78, 5) is 0. The molecule has 0 amide bonds. The van der Waals surface area contributed by atoms with Crippen LogP contribution in [-0.2, 0) is 9.47 Å². The van der Waals surface area contributed by atoms with E-state index in [9.17, 15) is 0 Å². The van der Waals surface area contributed by atoms with Crippen molar-refractivity contribution in [3.63, 3.8) is 0 Å². The lowest BCUT2D eigenvalue weighted by atomic mass is 9.58. The van der Waals surface area contributed by atoms with Gasteiger partial charge in [0.05, 0.1) is 19.3 Å². The molecule has 19 heavy (non-hydrogen) atoms. The zero-order valence-electron chi connectivity index (χ0n) is 13.3. The molecule has 0 radical (unpaired) electrons. The first kappa shape index (κ1) is 16.9. The van der Waals surface area contributed by atoms with Crippen LogP contribution in [0.1, 0.15) is 59.8 Å². The molecule has 0 bridgehead atoms. The van der Waals surface area contributed by atoms with E-state index in [1.54, 1.807) is 0 Å². The quantitative estimate of drug-likeness (QED) is 0.584. The Bertz CT molecular complexity index is 229. The fourth-order valence-corrected chi connectivity index (χ4v) is 3.28. The average molecular weight is 271 g/mol. The topological polar surface area (TPSA) is 30.5 Å². The normalized spacial score (nSPS) is 25.3. The van der Waals surface area contributed by atoms with Crippen LogP contribution in [0.2, 0.25) is 0 Å². The SMILES string of the molecule is CCCNC1CC(OCCOCCC)C1(CC)CC. The molecule has 0 aliphatic heterocycles. The Kier molecular flexibility index (Phi) is 7.96. The molecule has 0 aromatic rings. The smallest absolute Gasteiger partial charge is 0.0704 e. The summed E-state index contributed by atoms with van der Waals surface area (Å²) in [7, 11) is 0. The molecular weight excluding hydrogens is 238 g/mol. The lowest BCUT2D eigenvalue weighted by Crippen LogP contribution is -2.63. The first-order valence-electron chi connectivity index (χ1n) is 8.17. The third-order valence-electron chi connectivity index (χ3n) is 4.64. The molecule has 3 heteroatoms. The summed E-state index contributed by atoms with van der Waals surface area (Å²) >= 11 is 0. The molecule has 2 atom stereocenters. The second-order valence-corrected chi connectivity index (χ2v) is 5.65. The van der Waals surface area contributed by atoms with Crippen molar-refractivity contribution in [2.75, 3.05) is 26.4 Å². The van der Waals surface area contributed by atoms with Gasteiger partial charge >= 0.3 is 0 Å². The van der Waals surface area contributed by atoms with Crippen LogP contribution >= 0.6 is 0 Å². The lowest BCUT2D eigenvalue weighted by Gasteiger charge is -2.55. The van der Waals surface area contributed by atoms with Gasteiger partial charge in [0, 0.05) is 18.1 Å². The zero-order chi connectivity index (χ0) is 14.1. The summed E-state index contributed by atoms with van der Waals surface area (Å²) < 4.78 is 11.6. The molecule has 114 valence electrons. The van der Waals surface area contributed by atoms with Gasteiger partial charge in [0.1, 0.15) is 0 Å². The van der Waals surface area contributed by atoms with E-state index in [-0.39, 0.29) is 0 Å². The van der Waals surface area contributed by atoms with Crippen LogP contribution < -0.4 is 5.32 Å². The second kappa shape index (κ2) is 8.93. The molecule has 1 aliphatic carbocycles. The van der Waals surface area contributed by atoms with Crippen LogP contribution in [0.15, 0.2) is 0 Å².